The van der Waals surface area contributed by atoms with Crippen molar-refractivity contribution < 1.29 is 28.6 Å². The Balaban J connectivity index is 4.18. The molecule has 0 bridgehead atoms. The van der Waals surface area contributed by atoms with E-state index in [1.165, 1.54) is 193 Å². The molecule has 0 aliphatic rings. The predicted molar refractivity (Wildman–Crippen MR) is 325 cm³/mol. The van der Waals surface area contributed by atoms with Gasteiger partial charge in [-0.3, -0.25) is 14.4 Å². The summed E-state index contributed by atoms with van der Waals surface area (Å²) in [7, 11) is 0. The third kappa shape index (κ3) is 61.6. The van der Waals surface area contributed by atoms with Gasteiger partial charge in [0.25, 0.3) is 0 Å². The van der Waals surface area contributed by atoms with E-state index in [0.717, 1.165) is 96.3 Å². The van der Waals surface area contributed by atoms with Gasteiger partial charge in [-0.25, -0.2) is 0 Å². The summed E-state index contributed by atoms with van der Waals surface area (Å²) in [6.07, 6.45) is 82.1. The Labute approximate surface area is 465 Å². The van der Waals surface area contributed by atoms with Gasteiger partial charge in [-0.2, -0.15) is 0 Å². The van der Waals surface area contributed by atoms with Crippen molar-refractivity contribution in [1.82, 2.24) is 0 Å². The normalized spacial score (nSPS) is 12.5. The largest absolute Gasteiger partial charge is 0.462 e. The minimum Gasteiger partial charge on any atom is -0.462 e. The van der Waals surface area contributed by atoms with Crippen LogP contribution in [0.3, 0.4) is 0 Å². The Bertz CT molecular complexity index is 1390. The highest BCUT2D eigenvalue weighted by Crippen LogP contribution is 2.17. The summed E-state index contributed by atoms with van der Waals surface area (Å²) < 4.78 is 16.9. The fraction of sp³-hybridized carbons (Fsp3) is 0.783. The molecule has 0 aliphatic carbocycles. The van der Waals surface area contributed by atoms with E-state index < -0.39 is 6.10 Å². The first-order valence-corrected chi connectivity index (χ1v) is 32.4. The van der Waals surface area contributed by atoms with Gasteiger partial charge < -0.3 is 14.2 Å². The molecule has 1 atom stereocenters. The maximum absolute atomic E-state index is 12.9. The predicted octanol–water partition coefficient (Wildman–Crippen LogP) is 22.1. The van der Waals surface area contributed by atoms with Crippen molar-refractivity contribution in [2.75, 3.05) is 13.2 Å². The van der Waals surface area contributed by atoms with Gasteiger partial charge >= 0.3 is 17.9 Å². The first kappa shape index (κ1) is 71.8. The SMILES string of the molecule is CC/C=C\C/C=C\C/C=C\C/C=C\C/C=C\C/C=C\CCCCCCCCCCCCC(=O)OCC(COC(=O)CCCCCCCCCCC)OC(=O)CCCCCCCCCCCCCCCCCCCCC. The second-order valence-electron chi connectivity index (χ2n) is 21.7. The van der Waals surface area contributed by atoms with Crippen LogP contribution in [-0.4, -0.2) is 37.2 Å². The quantitative estimate of drug-likeness (QED) is 0.0261. The third-order valence-corrected chi connectivity index (χ3v) is 14.2. The van der Waals surface area contributed by atoms with Gasteiger partial charge in [-0.15, -0.1) is 0 Å². The summed E-state index contributed by atoms with van der Waals surface area (Å²) in [6.45, 7) is 6.55. The van der Waals surface area contributed by atoms with Gasteiger partial charge in [-0.05, 0) is 70.6 Å². The number of hydrogen-bond donors (Lipinski definition) is 0. The molecular formula is C69H122O6. The van der Waals surface area contributed by atoms with Crippen LogP contribution in [0, 0.1) is 0 Å². The molecule has 75 heavy (non-hydrogen) atoms. The number of allylic oxidation sites excluding steroid dienone is 12. The van der Waals surface area contributed by atoms with Gasteiger partial charge in [0.1, 0.15) is 13.2 Å². The molecule has 6 nitrogen and oxygen atoms in total. The smallest absolute Gasteiger partial charge is 0.306 e. The zero-order chi connectivity index (χ0) is 54.3. The highest BCUT2D eigenvalue weighted by Gasteiger charge is 2.19. The molecule has 0 fully saturated rings. The molecule has 0 N–H and O–H groups in total. The van der Waals surface area contributed by atoms with Gasteiger partial charge in [-0.1, -0.05) is 312 Å². The first-order chi connectivity index (χ1) is 37.0. The molecule has 1 unspecified atom stereocenters. The molecule has 0 aromatic heterocycles. The average molecular weight is 1050 g/mol. The van der Waals surface area contributed by atoms with Crippen molar-refractivity contribution in [2.24, 2.45) is 0 Å². The molecule has 0 radical (unpaired) electrons. The van der Waals surface area contributed by atoms with E-state index in [1.54, 1.807) is 0 Å². The summed E-state index contributed by atoms with van der Waals surface area (Å²) in [5.74, 6) is -0.861. The summed E-state index contributed by atoms with van der Waals surface area (Å²) in [5, 5.41) is 0. The zero-order valence-corrected chi connectivity index (χ0v) is 49.8. The number of unbranched alkanes of at least 4 members (excludes halogenated alkanes) is 36. The number of hydrogen-bond acceptors (Lipinski definition) is 6. The first-order valence-electron chi connectivity index (χ1n) is 32.4. The van der Waals surface area contributed by atoms with Crippen LogP contribution in [0.25, 0.3) is 0 Å². The van der Waals surface area contributed by atoms with Gasteiger partial charge in [0.05, 0.1) is 0 Å². The minimum atomic E-state index is -0.773. The van der Waals surface area contributed by atoms with Crippen molar-refractivity contribution in [3.05, 3.63) is 72.9 Å². The molecular weight excluding hydrogens is 925 g/mol. The van der Waals surface area contributed by atoms with E-state index in [4.69, 9.17) is 14.2 Å². The number of rotatable bonds is 59. The third-order valence-electron chi connectivity index (χ3n) is 14.2. The Morgan fingerprint density at radius 3 is 0.813 bits per heavy atom. The fourth-order valence-electron chi connectivity index (χ4n) is 9.39. The summed E-state index contributed by atoms with van der Waals surface area (Å²) in [4.78, 5) is 38.2. The van der Waals surface area contributed by atoms with E-state index in [-0.39, 0.29) is 31.1 Å². The van der Waals surface area contributed by atoms with Crippen molar-refractivity contribution in [1.29, 1.82) is 0 Å². The van der Waals surface area contributed by atoms with Gasteiger partial charge in [0.15, 0.2) is 6.10 Å². The van der Waals surface area contributed by atoms with Crippen LogP contribution in [0.4, 0.5) is 0 Å². The lowest BCUT2D eigenvalue weighted by atomic mass is 10.0. The maximum Gasteiger partial charge on any atom is 0.306 e. The molecule has 434 valence electrons. The van der Waals surface area contributed by atoms with Crippen LogP contribution in [0.5, 0.6) is 0 Å². The molecule has 0 saturated heterocycles. The Hall–Kier alpha value is -3.15. The van der Waals surface area contributed by atoms with E-state index in [2.05, 4.69) is 93.7 Å². The lowest BCUT2D eigenvalue weighted by molar-refractivity contribution is -0.167. The van der Waals surface area contributed by atoms with Crippen molar-refractivity contribution in [2.45, 2.75) is 335 Å². The monoisotopic (exact) mass is 1050 g/mol. The lowest BCUT2D eigenvalue weighted by Crippen LogP contribution is -2.30. The Morgan fingerprint density at radius 2 is 0.520 bits per heavy atom. The number of esters is 3. The van der Waals surface area contributed by atoms with E-state index in [1.807, 2.05) is 0 Å². The molecule has 0 saturated carbocycles. The van der Waals surface area contributed by atoms with Crippen molar-refractivity contribution in [3.8, 4) is 0 Å². The Morgan fingerprint density at radius 1 is 0.280 bits per heavy atom. The highest BCUT2D eigenvalue weighted by atomic mass is 16.6. The lowest BCUT2D eigenvalue weighted by Gasteiger charge is -2.18. The number of carbonyl (C=O) groups is 3. The molecule has 0 rings (SSSR count). The fourth-order valence-corrected chi connectivity index (χ4v) is 9.39. The second-order valence-corrected chi connectivity index (χ2v) is 21.7. The van der Waals surface area contributed by atoms with Crippen molar-refractivity contribution in [3.63, 3.8) is 0 Å². The minimum absolute atomic E-state index is 0.0715. The van der Waals surface area contributed by atoms with Crippen molar-refractivity contribution >= 4 is 17.9 Å². The van der Waals surface area contributed by atoms with Gasteiger partial charge in [0.2, 0.25) is 0 Å². The molecule has 0 heterocycles. The highest BCUT2D eigenvalue weighted by molar-refractivity contribution is 5.71. The van der Waals surface area contributed by atoms with Crippen LogP contribution >= 0.6 is 0 Å². The van der Waals surface area contributed by atoms with Crippen LogP contribution in [-0.2, 0) is 28.6 Å². The van der Waals surface area contributed by atoms with Crippen LogP contribution in [0.2, 0.25) is 0 Å². The molecule has 0 aliphatic heterocycles. The summed E-state index contributed by atoms with van der Waals surface area (Å²) >= 11 is 0. The molecule has 0 aromatic rings. The van der Waals surface area contributed by atoms with E-state index in [9.17, 15) is 14.4 Å². The van der Waals surface area contributed by atoms with Crippen LogP contribution < -0.4 is 0 Å². The number of carbonyl (C=O) groups excluding carboxylic acids is 3. The molecule has 0 spiro atoms. The molecule has 0 amide bonds. The zero-order valence-electron chi connectivity index (χ0n) is 49.8. The molecule has 6 heteroatoms. The standard InChI is InChI=1S/C69H122O6/c1-4-7-10-13-16-19-21-23-25-27-29-30-31-32-33-34-35-36-37-38-40-41-43-45-47-50-53-56-59-62-68(71)74-65-66(64-73-67(70)61-58-55-52-49-18-15-12-9-6-3)75-69(72)63-60-57-54-51-48-46-44-42-39-28-26-24-22-20-17-14-11-8-5-2/h7,10,16,19,23,25,29-30,32-33,35-36,66H,4-6,8-9,11-15,17-18,20-22,24,26-28,31,34,37-65H2,1-3H3/b10-7-,19-16-,25-23-,30-29-,33-32-,36-35-. The number of ether oxygens (including phenoxy) is 3. The van der Waals surface area contributed by atoms with Crippen LogP contribution in [0.1, 0.15) is 329 Å². The summed E-state index contributed by atoms with van der Waals surface area (Å²) in [5.41, 5.74) is 0. The van der Waals surface area contributed by atoms with Gasteiger partial charge in [0, 0.05) is 19.3 Å². The maximum atomic E-state index is 12.9. The Kier molecular flexibility index (Phi) is 60.7. The van der Waals surface area contributed by atoms with E-state index in [0.29, 0.717) is 19.3 Å². The molecule has 0 aromatic carbocycles. The second kappa shape index (κ2) is 63.4. The topological polar surface area (TPSA) is 78.9 Å². The average Bonchev–Trinajstić information content (AvgIpc) is 3.41. The van der Waals surface area contributed by atoms with Crippen LogP contribution in [0.15, 0.2) is 72.9 Å². The van der Waals surface area contributed by atoms with E-state index >= 15 is 0 Å². The summed E-state index contributed by atoms with van der Waals surface area (Å²) in [6, 6.07) is 0.